The van der Waals surface area contributed by atoms with Crippen LogP contribution in [0.2, 0.25) is 0 Å². The van der Waals surface area contributed by atoms with Gasteiger partial charge in [0.15, 0.2) is 5.82 Å². The number of unbranched alkanes of at least 4 members (excludes halogenated alkanes) is 1. The van der Waals surface area contributed by atoms with Gasteiger partial charge in [0.1, 0.15) is 6.61 Å². The lowest BCUT2D eigenvalue weighted by Crippen LogP contribution is -2.11. The molecule has 0 saturated heterocycles. The fourth-order valence-corrected chi connectivity index (χ4v) is 2.89. The number of rotatable bonds is 10. The van der Waals surface area contributed by atoms with Gasteiger partial charge in [-0.05, 0) is 37.6 Å². The van der Waals surface area contributed by atoms with Crippen LogP contribution in [0.1, 0.15) is 31.7 Å². The predicted molar refractivity (Wildman–Crippen MR) is 117 cm³/mol. The topological polar surface area (TPSA) is 78.3 Å². The number of aromatic nitrogens is 3. The number of hydrogen-bond acceptors (Lipinski definition) is 5. The molecule has 0 fully saturated rings. The first-order valence-electron chi connectivity index (χ1n) is 10.2. The molecule has 0 bridgehead atoms. The molecule has 0 aliphatic carbocycles. The minimum atomic E-state index is 0.0273. The number of hydrogen-bond donors (Lipinski definition) is 1. The van der Waals surface area contributed by atoms with Crippen molar-refractivity contribution in [3.8, 4) is 23.1 Å². The SMILES string of the molecule is CCCCC(=O)Nc1ccc(-n2nc(OCCOC)nc2-c2ccc(C)cc2)cc1. The zero-order valence-electron chi connectivity index (χ0n) is 17.7. The van der Waals surface area contributed by atoms with Crippen LogP contribution in [-0.4, -0.2) is 41.0 Å². The Balaban J connectivity index is 1.85. The first-order valence-corrected chi connectivity index (χ1v) is 10.2. The van der Waals surface area contributed by atoms with Crippen LogP contribution in [0.3, 0.4) is 0 Å². The molecule has 2 aromatic carbocycles. The van der Waals surface area contributed by atoms with E-state index in [0.29, 0.717) is 31.5 Å². The average Bonchev–Trinajstić information content (AvgIpc) is 3.17. The third-order valence-electron chi connectivity index (χ3n) is 4.57. The molecule has 1 heterocycles. The summed E-state index contributed by atoms with van der Waals surface area (Å²) in [7, 11) is 1.62. The molecule has 1 aromatic heterocycles. The van der Waals surface area contributed by atoms with Gasteiger partial charge < -0.3 is 14.8 Å². The molecule has 0 aliphatic rings. The van der Waals surface area contributed by atoms with Gasteiger partial charge in [-0.25, -0.2) is 4.68 Å². The van der Waals surface area contributed by atoms with Crippen molar-refractivity contribution in [3.05, 3.63) is 54.1 Å². The number of aryl methyl sites for hydroxylation is 1. The van der Waals surface area contributed by atoms with Gasteiger partial charge in [0, 0.05) is 24.8 Å². The number of benzene rings is 2. The molecule has 0 atom stereocenters. The molecule has 0 spiro atoms. The smallest absolute Gasteiger partial charge is 0.336 e. The molecule has 3 rings (SSSR count). The zero-order chi connectivity index (χ0) is 21.3. The highest BCUT2D eigenvalue weighted by Gasteiger charge is 2.15. The second kappa shape index (κ2) is 10.5. The van der Waals surface area contributed by atoms with Crippen LogP contribution < -0.4 is 10.1 Å². The van der Waals surface area contributed by atoms with Gasteiger partial charge in [0.2, 0.25) is 5.91 Å². The molecular formula is C23H28N4O3. The lowest BCUT2D eigenvalue weighted by molar-refractivity contribution is -0.116. The Morgan fingerprint density at radius 3 is 2.47 bits per heavy atom. The van der Waals surface area contributed by atoms with E-state index in [1.54, 1.807) is 11.8 Å². The molecule has 30 heavy (non-hydrogen) atoms. The average molecular weight is 409 g/mol. The van der Waals surface area contributed by atoms with E-state index in [9.17, 15) is 4.79 Å². The van der Waals surface area contributed by atoms with Crippen LogP contribution in [0.5, 0.6) is 6.01 Å². The van der Waals surface area contributed by atoms with Crippen molar-refractivity contribution in [3.63, 3.8) is 0 Å². The van der Waals surface area contributed by atoms with Crippen LogP contribution in [0.15, 0.2) is 48.5 Å². The number of ether oxygens (including phenoxy) is 2. The second-order valence-electron chi connectivity index (χ2n) is 7.04. The first kappa shape index (κ1) is 21.5. The van der Waals surface area contributed by atoms with E-state index < -0.39 is 0 Å². The van der Waals surface area contributed by atoms with Crippen molar-refractivity contribution in [1.29, 1.82) is 0 Å². The minimum Gasteiger partial charge on any atom is -0.460 e. The van der Waals surface area contributed by atoms with Crippen LogP contribution >= 0.6 is 0 Å². The van der Waals surface area contributed by atoms with Gasteiger partial charge in [0.05, 0.1) is 12.3 Å². The van der Waals surface area contributed by atoms with E-state index in [2.05, 4.69) is 22.3 Å². The number of anilines is 1. The summed E-state index contributed by atoms with van der Waals surface area (Å²) in [6, 6.07) is 15.9. The molecular weight excluding hydrogens is 380 g/mol. The minimum absolute atomic E-state index is 0.0273. The maximum absolute atomic E-state index is 12.0. The number of amides is 1. The summed E-state index contributed by atoms with van der Waals surface area (Å²) >= 11 is 0. The number of nitrogens with zero attached hydrogens (tertiary/aromatic N) is 3. The third-order valence-corrected chi connectivity index (χ3v) is 4.57. The summed E-state index contributed by atoms with van der Waals surface area (Å²) in [5, 5.41) is 7.45. The summed E-state index contributed by atoms with van der Waals surface area (Å²) < 4.78 is 12.4. The molecule has 158 valence electrons. The Kier molecular flexibility index (Phi) is 7.57. The maximum atomic E-state index is 12.0. The van der Waals surface area contributed by atoms with Crippen molar-refractivity contribution >= 4 is 11.6 Å². The van der Waals surface area contributed by atoms with E-state index in [1.165, 1.54) is 5.56 Å². The summed E-state index contributed by atoms with van der Waals surface area (Å²) in [5.74, 6) is 0.710. The molecule has 0 saturated carbocycles. The van der Waals surface area contributed by atoms with Crippen LogP contribution in [0.4, 0.5) is 5.69 Å². The van der Waals surface area contributed by atoms with E-state index in [4.69, 9.17) is 9.47 Å². The highest BCUT2D eigenvalue weighted by atomic mass is 16.5. The Morgan fingerprint density at radius 1 is 1.07 bits per heavy atom. The molecule has 1 N–H and O–H groups in total. The molecule has 7 nitrogen and oxygen atoms in total. The van der Waals surface area contributed by atoms with Gasteiger partial charge in [0.25, 0.3) is 0 Å². The quantitative estimate of drug-likeness (QED) is 0.503. The first-order chi connectivity index (χ1) is 14.6. The second-order valence-corrected chi connectivity index (χ2v) is 7.04. The highest BCUT2D eigenvalue weighted by Crippen LogP contribution is 2.25. The van der Waals surface area contributed by atoms with Crippen molar-refractivity contribution in [2.45, 2.75) is 33.1 Å². The third kappa shape index (κ3) is 5.67. The predicted octanol–water partition coefficient (Wildman–Crippen LogP) is 4.40. The van der Waals surface area contributed by atoms with Crippen LogP contribution in [0, 0.1) is 6.92 Å². The fraction of sp³-hybridized carbons (Fsp3) is 0.348. The number of carbonyl (C=O) groups is 1. The highest BCUT2D eigenvalue weighted by molar-refractivity contribution is 5.90. The van der Waals surface area contributed by atoms with Crippen molar-refractivity contribution in [2.24, 2.45) is 0 Å². The van der Waals surface area contributed by atoms with Gasteiger partial charge in [-0.1, -0.05) is 43.2 Å². The Morgan fingerprint density at radius 2 is 1.80 bits per heavy atom. The fourth-order valence-electron chi connectivity index (χ4n) is 2.89. The molecule has 0 aliphatic heterocycles. The maximum Gasteiger partial charge on any atom is 0.336 e. The largest absolute Gasteiger partial charge is 0.460 e. The van der Waals surface area contributed by atoms with Crippen molar-refractivity contribution < 1.29 is 14.3 Å². The van der Waals surface area contributed by atoms with Gasteiger partial charge >= 0.3 is 6.01 Å². The Labute approximate surface area is 177 Å². The standard InChI is InChI=1S/C23H28N4O3/c1-4-5-6-21(28)24-19-11-13-20(14-12-19)27-22(18-9-7-17(2)8-10-18)25-23(26-27)30-16-15-29-3/h7-14H,4-6,15-16H2,1-3H3,(H,24,28). The lowest BCUT2D eigenvalue weighted by atomic mass is 10.1. The van der Waals surface area contributed by atoms with Gasteiger partial charge in [-0.2, -0.15) is 4.98 Å². The Hall–Kier alpha value is -3.19. The molecule has 3 aromatic rings. The zero-order valence-corrected chi connectivity index (χ0v) is 17.7. The summed E-state index contributed by atoms with van der Waals surface area (Å²) in [5.41, 5.74) is 3.69. The molecule has 1 amide bonds. The van der Waals surface area contributed by atoms with Crippen LogP contribution in [0.25, 0.3) is 17.1 Å². The van der Waals surface area contributed by atoms with Gasteiger partial charge in [-0.15, -0.1) is 5.10 Å². The summed E-state index contributed by atoms with van der Waals surface area (Å²) in [6.45, 7) is 4.94. The van der Waals surface area contributed by atoms with E-state index in [1.807, 2.05) is 55.5 Å². The van der Waals surface area contributed by atoms with E-state index >= 15 is 0 Å². The lowest BCUT2D eigenvalue weighted by Gasteiger charge is -2.08. The van der Waals surface area contributed by atoms with Crippen molar-refractivity contribution in [2.75, 3.05) is 25.6 Å². The monoisotopic (exact) mass is 408 g/mol. The molecule has 7 heteroatoms. The summed E-state index contributed by atoms with van der Waals surface area (Å²) in [6.07, 6.45) is 2.41. The van der Waals surface area contributed by atoms with E-state index in [0.717, 1.165) is 29.8 Å². The summed E-state index contributed by atoms with van der Waals surface area (Å²) in [4.78, 5) is 16.5. The normalized spacial score (nSPS) is 10.8. The number of nitrogens with one attached hydrogen (secondary N) is 1. The van der Waals surface area contributed by atoms with Crippen molar-refractivity contribution in [1.82, 2.24) is 14.8 Å². The number of carbonyl (C=O) groups excluding carboxylic acids is 1. The van der Waals surface area contributed by atoms with E-state index in [-0.39, 0.29) is 5.91 Å². The van der Waals surface area contributed by atoms with Gasteiger partial charge in [-0.3, -0.25) is 4.79 Å². The molecule has 0 unspecified atom stereocenters. The number of methoxy groups -OCH3 is 1. The molecule has 0 radical (unpaired) electrons. The Bertz CT molecular complexity index is 950. The van der Waals surface area contributed by atoms with Crippen LogP contribution in [-0.2, 0) is 9.53 Å².